The van der Waals surface area contributed by atoms with E-state index in [0.29, 0.717) is 6.04 Å². The summed E-state index contributed by atoms with van der Waals surface area (Å²) in [4.78, 5) is 10.8. The Labute approximate surface area is 163 Å². The second-order valence-electron chi connectivity index (χ2n) is 7.02. The topological polar surface area (TPSA) is 52.6 Å². The molecule has 5 heteroatoms. The first-order chi connectivity index (χ1) is 13.1. The summed E-state index contributed by atoms with van der Waals surface area (Å²) in [6.07, 6.45) is 5.79. The number of aliphatic imine (C=N–C) groups is 1. The molecule has 0 bridgehead atoms. The number of benzene rings is 1. The van der Waals surface area contributed by atoms with Gasteiger partial charge < -0.3 is 10.6 Å². The fraction of sp³-hybridized carbons (Fsp3) is 0.455. The smallest absolute Gasteiger partial charge is 0.190 e. The van der Waals surface area contributed by atoms with Crippen molar-refractivity contribution in [2.24, 2.45) is 4.99 Å². The Morgan fingerprint density at radius 2 is 1.89 bits per heavy atom. The van der Waals surface area contributed by atoms with Gasteiger partial charge in [-0.05, 0) is 56.5 Å². The summed E-state index contributed by atoms with van der Waals surface area (Å²) in [7, 11) is 4.00. The lowest BCUT2D eigenvalue weighted by Crippen LogP contribution is -2.40. The highest BCUT2D eigenvalue weighted by molar-refractivity contribution is 5.79. The maximum atomic E-state index is 4.32. The molecule has 0 saturated heterocycles. The van der Waals surface area contributed by atoms with E-state index in [0.717, 1.165) is 38.4 Å². The maximum absolute atomic E-state index is 4.32. The van der Waals surface area contributed by atoms with Crippen molar-refractivity contribution >= 4 is 5.96 Å². The van der Waals surface area contributed by atoms with E-state index in [1.165, 1.54) is 16.7 Å². The Hall–Kier alpha value is -2.40. The largest absolute Gasteiger partial charge is 0.356 e. The van der Waals surface area contributed by atoms with Crippen LogP contribution in [0.5, 0.6) is 0 Å². The summed E-state index contributed by atoms with van der Waals surface area (Å²) in [6.45, 7) is 7.10. The highest BCUT2D eigenvalue weighted by Crippen LogP contribution is 2.08. The first-order valence-corrected chi connectivity index (χ1v) is 9.68. The van der Waals surface area contributed by atoms with Gasteiger partial charge >= 0.3 is 0 Å². The summed E-state index contributed by atoms with van der Waals surface area (Å²) < 4.78 is 0. The quantitative estimate of drug-likeness (QED) is 0.528. The molecule has 0 saturated carbocycles. The van der Waals surface area contributed by atoms with E-state index in [4.69, 9.17) is 0 Å². The van der Waals surface area contributed by atoms with Gasteiger partial charge in [0.15, 0.2) is 5.96 Å². The molecule has 0 amide bonds. The zero-order chi connectivity index (χ0) is 19.5. The minimum absolute atomic E-state index is 0.496. The van der Waals surface area contributed by atoms with Gasteiger partial charge in [-0.1, -0.05) is 30.3 Å². The van der Waals surface area contributed by atoms with Gasteiger partial charge in [-0.25, -0.2) is 0 Å². The molecular weight excluding hydrogens is 334 g/mol. The highest BCUT2D eigenvalue weighted by atomic mass is 15.2. The third-order valence-electron chi connectivity index (χ3n) is 4.93. The minimum Gasteiger partial charge on any atom is -0.356 e. The molecular formula is C22H33N5. The van der Waals surface area contributed by atoms with Crippen molar-refractivity contribution in [1.82, 2.24) is 20.5 Å². The summed E-state index contributed by atoms with van der Waals surface area (Å²) in [6, 6.07) is 13.2. The van der Waals surface area contributed by atoms with Gasteiger partial charge in [0.1, 0.15) is 0 Å². The molecule has 1 unspecified atom stereocenters. The second-order valence-corrected chi connectivity index (χ2v) is 7.02. The molecule has 1 aromatic heterocycles. The van der Waals surface area contributed by atoms with Crippen LogP contribution in [-0.4, -0.2) is 49.1 Å². The number of pyridine rings is 1. The number of aromatic nitrogens is 1. The van der Waals surface area contributed by atoms with E-state index in [2.05, 4.69) is 82.8 Å². The fourth-order valence-corrected chi connectivity index (χ4v) is 2.97. The minimum atomic E-state index is 0.496. The van der Waals surface area contributed by atoms with Crippen LogP contribution in [0.2, 0.25) is 0 Å². The van der Waals surface area contributed by atoms with Gasteiger partial charge in [0.2, 0.25) is 0 Å². The Morgan fingerprint density at radius 1 is 1.15 bits per heavy atom. The van der Waals surface area contributed by atoms with Crippen LogP contribution in [0.4, 0.5) is 0 Å². The molecule has 2 N–H and O–H groups in total. The predicted octanol–water partition coefficient (Wildman–Crippen LogP) is 3.01. The molecule has 146 valence electrons. The molecule has 2 aromatic rings. The van der Waals surface area contributed by atoms with Crippen molar-refractivity contribution in [2.75, 3.05) is 27.2 Å². The third-order valence-corrected chi connectivity index (χ3v) is 4.93. The van der Waals surface area contributed by atoms with Crippen LogP contribution in [0.15, 0.2) is 53.8 Å². The summed E-state index contributed by atoms with van der Waals surface area (Å²) in [5.74, 6) is 0.861. The standard InChI is InChI=1S/C22H33N5/c1-18-16-24-13-11-21(18)12-15-26-22(23-3)25-14-10-19(2)27(4)17-20-8-6-5-7-9-20/h5-9,11,13,16,19H,10,12,14-15,17H2,1-4H3,(H2,23,25,26). The van der Waals surface area contributed by atoms with E-state index in [9.17, 15) is 0 Å². The van der Waals surface area contributed by atoms with Crippen molar-refractivity contribution in [3.8, 4) is 0 Å². The number of aryl methyl sites for hydroxylation is 1. The molecule has 0 radical (unpaired) electrons. The van der Waals surface area contributed by atoms with Crippen molar-refractivity contribution in [2.45, 2.75) is 39.3 Å². The van der Waals surface area contributed by atoms with Gasteiger partial charge in [0, 0.05) is 45.1 Å². The van der Waals surface area contributed by atoms with Gasteiger partial charge in [-0.2, -0.15) is 0 Å². The summed E-state index contributed by atoms with van der Waals surface area (Å²) in [5, 5.41) is 6.81. The first-order valence-electron chi connectivity index (χ1n) is 9.68. The second kappa shape index (κ2) is 11.3. The molecule has 27 heavy (non-hydrogen) atoms. The number of hydrogen-bond acceptors (Lipinski definition) is 3. The number of nitrogens with one attached hydrogen (secondary N) is 2. The lowest BCUT2D eigenvalue weighted by molar-refractivity contribution is 0.238. The van der Waals surface area contributed by atoms with Crippen LogP contribution < -0.4 is 10.6 Å². The molecule has 0 spiro atoms. The Kier molecular flexibility index (Phi) is 8.78. The molecule has 0 aliphatic rings. The van der Waals surface area contributed by atoms with Crippen LogP contribution in [0, 0.1) is 6.92 Å². The van der Waals surface area contributed by atoms with Gasteiger partial charge in [-0.3, -0.25) is 14.9 Å². The number of guanidine groups is 1. The Bertz CT molecular complexity index is 699. The average Bonchev–Trinajstić information content (AvgIpc) is 2.68. The number of hydrogen-bond donors (Lipinski definition) is 2. The fourth-order valence-electron chi connectivity index (χ4n) is 2.97. The third kappa shape index (κ3) is 7.39. The molecule has 0 aliphatic carbocycles. The lowest BCUT2D eigenvalue weighted by Gasteiger charge is -2.25. The van der Waals surface area contributed by atoms with E-state index < -0.39 is 0 Å². The molecule has 0 aliphatic heterocycles. The maximum Gasteiger partial charge on any atom is 0.190 e. The number of rotatable bonds is 9. The number of nitrogens with zero attached hydrogens (tertiary/aromatic N) is 3. The van der Waals surface area contributed by atoms with E-state index in [1.54, 1.807) is 0 Å². The molecule has 1 aromatic carbocycles. The van der Waals surface area contributed by atoms with Crippen molar-refractivity contribution in [3.05, 3.63) is 65.5 Å². The normalized spacial score (nSPS) is 12.9. The van der Waals surface area contributed by atoms with E-state index in [1.807, 2.05) is 19.4 Å². The van der Waals surface area contributed by atoms with Crippen molar-refractivity contribution < 1.29 is 0 Å². The van der Waals surface area contributed by atoms with Crippen molar-refractivity contribution in [1.29, 1.82) is 0 Å². The Morgan fingerprint density at radius 3 is 2.59 bits per heavy atom. The highest BCUT2D eigenvalue weighted by Gasteiger charge is 2.09. The van der Waals surface area contributed by atoms with E-state index >= 15 is 0 Å². The molecule has 2 rings (SSSR count). The molecule has 1 atom stereocenters. The van der Waals surface area contributed by atoms with Crippen LogP contribution >= 0.6 is 0 Å². The summed E-state index contributed by atoms with van der Waals surface area (Å²) in [5.41, 5.74) is 3.91. The van der Waals surface area contributed by atoms with Crippen LogP contribution in [0.1, 0.15) is 30.0 Å². The lowest BCUT2D eigenvalue weighted by atomic mass is 10.1. The average molecular weight is 368 g/mol. The van der Waals surface area contributed by atoms with Crippen molar-refractivity contribution in [3.63, 3.8) is 0 Å². The van der Waals surface area contributed by atoms with Gasteiger partial charge in [0.25, 0.3) is 0 Å². The van der Waals surface area contributed by atoms with Gasteiger partial charge in [0.05, 0.1) is 0 Å². The zero-order valence-corrected chi connectivity index (χ0v) is 17.1. The zero-order valence-electron chi connectivity index (χ0n) is 17.1. The van der Waals surface area contributed by atoms with Crippen LogP contribution in [0.3, 0.4) is 0 Å². The van der Waals surface area contributed by atoms with Gasteiger partial charge in [-0.15, -0.1) is 0 Å². The van der Waals surface area contributed by atoms with Crippen LogP contribution in [-0.2, 0) is 13.0 Å². The summed E-state index contributed by atoms with van der Waals surface area (Å²) >= 11 is 0. The molecule has 1 heterocycles. The Balaban J connectivity index is 1.67. The van der Waals surface area contributed by atoms with Crippen LogP contribution in [0.25, 0.3) is 0 Å². The first kappa shape index (κ1) is 20.9. The monoisotopic (exact) mass is 367 g/mol. The van der Waals surface area contributed by atoms with E-state index in [-0.39, 0.29) is 0 Å². The molecule has 5 nitrogen and oxygen atoms in total. The predicted molar refractivity (Wildman–Crippen MR) is 114 cm³/mol. The SMILES string of the molecule is CN=C(NCCc1ccncc1C)NCCC(C)N(C)Cc1ccccc1. The molecule has 0 fully saturated rings.